The summed E-state index contributed by atoms with van der Waals surface area (Å²) in [6, 6.07) is 0. The predicted octanol–water partition coefficient (Wildman–Crippen LogP) is -0.461. The molecule has 0 fully saturated rings. The number of carbonyl (C=O) groups excluding carboxylic acids is 1. The molecule has 0 rings (SSSR count). The SMILES string of the molecule is CCO.CCOC(C)=O.OCCO. The van der Waals surface area contributed by atoms with E-state index >= 15 is 0 Å². The number of aliphatic hydroxyl groups is 3. The van der Waals surface area contributed by atoms with Gasteiger partial charge in [-0.3, -0.25) is 4.79 Å². The maximum atomic E-state index is 9.82. The van der Waals surface area contributed by atoms with Gasteiger partial charge in [0.15, 0.2) is 0 Å². The van der Waals surface area contributed by atoms with Crippen molar-refractivity contribution in [3.05, 3.63) is 0 Å². The molecule has 0 saturated heterocycles. The molecule has 0 aromatic carbocycles. The van der Waals surface area contributed by atoms with Crippen molar-refractivity contribution in [3.8, 4) is 0 Å². The summed E-state index contributed by atoms with van der Waals surface area (Å²) in [7, 11) is 0. The minimum Gasteiger partial charge on any atom is -0.466 e. The summed E-state index contributed by atoms with van der Waals surface area (Å²) >= 11 is 0. The molecule has 0 unspecified atom stereocenters. The average Bonchev–Trinajstić information content (AvgIpc) is 2.06. The topological polar surface area (TPSA) is 87.0 Å². The Morgan fingerprint density at radius 1 is 1.15 bits per heavy atom. The van der Waals surface area contributed by atoms with Crippen LogP contribution in [0.5, 0.6) is 0 Å². The zero-order valence-corrected chi connectivity index (χ0v) is 8.49. The Bertz CT molecular complexity index is 82.6. The van der Waals surface area contributed by atoms with E-state index in [1.807, 2.05) is 0 Å². The summed E-state index contributed by atoms with van der Waals surface area (Å²) in [5, 5.41) is 22.8. The Hall–Kier alpha value is -0.650. The fourth-order valence-electron chi connectivity index (χ4n) is 0.203. The smallest absolute Gasteiger partial charge is 0.302 e. The maximum absolute atomic E-state index is 9.82. The normalized spacial score (nSPS) is 7.23. The van der Waals surface area contributed by atoms with Crippen molar-refractivity contribution >= 4 is 5.97 Å². The Morgan fingerprint density at radius 3 is 1.46 bits per heavy atom. The fraction of sp³-hybridized carbons (Fsp3) is 0.875. The molecule has 0 aliphatic heterocycles. The molecule has 0 heterocycles. The van der Waals surface area contributed by atoms with Crippen molar-refractivity contribution in [2.75, 3.05) is 26.4 Å². The third-order valence-corrected chi connectivity index (χ3v) is 0.448. The maximum Gasteiger partial charge on any atom is 0.302 e. The highest BCUT2D eigenvalue weighted by Gasteiger charge is 1.81. The van der Waals surface area contributed by atoms with Crippen molar-refractivity contribution in [3.63, 3.8) is 0 Å². The lowest BCUT2D eigenvalue weighted by atomic mass is 10.8. The van der Waals surface area contributed by atoms with Gasteiger partial charge in [-0.15, -0.1) is 0 Å². The third-order valence-electron chi connectivity index (χ3n) is 0.448. The van der Waals surface area contributed by atoms with E-state index in [4.69, 9.17) is 15.3 Å². The molecule has 82 valence electrons. The highest BCUT2D eigenvalue weighted by atomic mass is 16.5. The van der Waals surface area contributed by atoms with E-state index < -0.39 is 0 Å². The molecule has 5 heteroatoms. The summed E-state index contributed by atoms with van der Waals surface area (Å²) in [6.07, 6.45) is 0. The standard InChI is InChI=1S/C4H8O2.C2H6O2.C2H6O/c1-3-6-4(2)5;3-1-2-4;1-2-3/h3H2,1-2H3;3-4H,1-2H2;3H,2H2,1H3. The van der Waals surface area contributed by atoms with Crippen LogP contribution in [0.3, 0.4) is 0 Å². The van der Waals surface area contributed by atoms with Gasteiger partial charge >= 0.3 is 5.97 Å². The second-order valence-electron chi connectivity index (χ2n) is 1.69. The van der Waals surface area contributed by atoms with Crippen molar-refractivity contribution in [2.24, 2.45) is 0 Å². The molecule has 0 atom stereocenters. The number of aliphatic hydroxyl groups excluding tert-OH is 3. The largest absolute Gasteiger partial charge is 0.466 e. The van der Waals surface area contributed by atoms with Gasteiger partial charge in [0, 0.05) is 13.5 Å². The molecule has 0 amide bonds. The Kier molecular flexibility index (Phi) is 31.5. The number of rotatable bonds is 2. The molecule has 0 radical (unpaired) electrons. The van der Waals surface area contributed by atoms with Crippen LogP contribution in [0.25, 0.3) is 0 Å². The second kappa shape index (κ2) is 22.5. The zero-order chi connectivity index (χ0) is 11.1. The minimum atomic E-state index is -0.211. The first-order valence-electron chi connectivity index (χ1n) is 4.06. The molecule has 0 aliphatic rings. The first kappa shape index (κ1) is 18.2. The van der Waals surface area contributed by atoms with E-state index in [0.717, 1.165) is 0 Å². The van der Waals surface area contributed by atoms with Crippen LogP contribution in [-0.4, -0.2) is 47.7 Å². The average molecular weight is 196 g/mol. The van der Waals surface area contributed by atoms with E-state index in [1.54, 1.807) is 13.8 Å². The van der Waals surface area contributed by atoms with Gasteiger partial charge in [0.2, 0.25) is 0 Å². The number of esters is 1. The second-order valence-corrected chi connectivity index (χ2v) is 1.69. The monoisotopic (exact) mass is 196 g/mol. The molecule has 0 bridgehead atoms. The van der Waals surface area contributed by atoms with Gasteiger partial charge in [-0.25, -0.2) is 0 Å². The van der Waals surface area contributed by atoms with Gasteiger partial charge in [-0.05, 0) is 13.8 Å². The molecular weight excluding hydrogens is 176 g/mol. The summed E-state index contributed by atoms with van der Waals surface area (Å²) in [6.45, 7) is 5.33. The Balaban J connectivity index is -0.000000125. The summed E-state index contributed by atoms with van der Waals surface area (Å²) in [5.41, 5.74) is 0. The van der Waals surface area contributed by atoms with Gasteiger partial charge in [-0.1, -0.05) is 0 Å². The van der Waals surface area contributed by atoms with Gasteiger partial charge in [0.1, 0.15) is 0 Å². The lowest BCUT2D eigenvalue weighted by Crippen LogP contribution is -1.95. The quantitative estimate of drug-likeness (QED) is 0.520. The Labute approximate surface area is 79.0 Å². The van der Waals surface area contributed by atoms with Crippen molar-refractivity contribution in [1.29, 1.82) is 0 Å². The predicted molar refractivity (Wildman–Crippen MR) is 49.2 cm³/mol. The van der Waals surface area contributed by atoms with E-state index in [1.165, 1.54) is 6.92 Å². The molecule has 5 nitrogen and oxygen atoms in total. The van der Waals surface area contributed by atoms with Gasteiger partial charge in [0.05, 0.1) is 19.8 Å². The van der Waals surface area contributed by atoms with Gasteiger partial charge in [-0.2, -0.15) is 0 Å². The lowest BCUT2D eigenvalue weighted by Gasteiger charge is -1.89. The van der Waals surface area contributed by atoms with Gasteiger partial charge in [0.25, 0.3) is 0 Å². The molecule has 0 aromatic heterocycles. The van der Waals surface area contributed by atoms with Crippen LogP contribution >= 0.6 is 0 Å². The van der Waals surface area contributed by atoms with E-state index in [0.29, 0.717) is 6.61 Å². The summed E-state index contributed by atoms with van der Waals surface area (Å²) in [4.78, 5) is 9.82. The van der Waals surface area contributed by atoms with Crippen molar-refractivity contribution in [1.82, 2.24) is 0 Å². The highest BCUT2D eigenvalue weighted by molar-refractivity contribution is 5.65. The number of hydrogen-bond donors (Lipinski definition) is 3. The lowest BCUT2D eigenvalue weighted by molar-refractivity contribution is -0.140. The van der Waals surface area contributed by atoms with Crippen LogP contribution in [0.2, 0.25) is 0 Å². The number of ether oxygens (including phenoxy) is 1. The Morgan fingerprint density at radius 2 is 1.46 bits per heavy atom. The van der Waals surface area contributed by atoms with Crippen LogP contribution < -0.4 is 0 Å². The first-order chi connectivity index (χ1) is 6.10. The van der Waals surface area contributed by atoms with Gasteiger partial charge < -0.3 is 20.1 Å². The van der Waals surface area contributed by atoms with Crippen LogP contribution in [0.4, 0.5) is 0 Å². The van der Waals surface area contributed by atoms with Crippen LogP contribution in [0.15, 0.2) is 0 Å². The molecule has 13 heavy (non-hydrogen) atoms. The molecule has 0 saturated carbocycles. The third kappa shape index (κ3) is 88.4. The fourth-order valence-corrected chi connectivity index (χ4v) is 0.203. The molecular formula is C8H20O5. The van der Waals surface area contributed by atoms with Crippen molar-refractivity contribution in [2.45, 2.75) is 20.8 Å². The first-order valence-corrected chi connectivity index (χ1v) is 4.06. The van der Waals surface area contributed by atoms with Crippen molar-refractivity contribution < 1.29 is 24.9 Å². The van der Waals surface area contributed by atoms with E-state index in [9.17, 15) is 4.79 Å². The van der Waals surface area contributed by atoms with Crippen LogP contribution in [0.1, 0.15) is 20.8 Å². The highest BCUT2D eigenvalue weighted by Crippen LogP contribution is 1.69. The van der Waals surface area contributed by atoms with E-state index in [-0.39, 0.29) is 25.8 Å². The minimum absolute atomic E-state index is 0.125. The van der Waals surface area contributed by atoms with Crippen LogP contribution in [-0.2, 0) is 9.53 Å². The van der Waals surface area contributed by atoms with Crippen LogP contribution in [0, 0.1) is 0 Å². The number of hydrogen-bond acceptors (Lipinski definition) is 5. The summed E-state index contributed by atoms with van der Waals surface area (Å²) < 4.78 is 4.40. The van der Waals surface area contributed by atoms with E-state index in [2.05, 4.69) is 4.74 Å². The number of carbonyl (C=O) groups is 1. The molecule has 3 N–H and O–H groups in total. The summed E-state index contributed by atoms with van der Waals surface area (Å²) in [5.74, 6) is -0.211. The molecule has 0 spiro atoms. The zero-order valence-electron chi connectivity index (χ0n) is 8.49. The molecule has 0 aromatic rings. The molecule has 0 aliphatic carbocycles.